The Bertz CT molecular complexity index is 607. The van der Waals surface area contributed by atoms with E-state index in [9.17, 15) is 0 Å². The van der Waals surface area contributed by atoms with Gasteiger partial charge >= 0.3 is 0 Å². The van der Waals surface area contributed by atoms with E-state index in [0.717, 1.165) is 17.6 Å². The SMILES string of the molecule is COc1cc(C)c2c3c1[C@@H](C)CC[C@@H]3[C@@H](C)C[C@@H]2C=C(C)C. The Labute approximate surface area is 135 Å². The van der Waals surface area contributed by atoms with Crippen LogP contribution >= 0.6 is 0 Å². The summed E-state index contributed by atoms with van der Waals surface area (Å²) in [7, 11) is 1.83. The summed E-state index contributed by atoms with van der Waals surface area (Å²) < 4.78 is 5.77. The zero-order valence-electron chi connectivity index (χ0n) is 15.0. The minimum absolute atomic E-state index is 0.584. The van der Waals surface area contributed by atoms with Crippen LogP contribution in [0.3, 0.4) is 0 Å². The van der Waals surface area contributed by atoms with Gasteiger partial charge in [0.1, 0.15) is 5.75 Å². The van der Waals surface area contributed by atoms with Crippen molar-refractivity contribution in [2.75, 3.05) is 7.11 Å². The summed E-state index contributed by atoms with van der Waals surface area (Å²) in [4.78, 5) is 0. The van der Waals surface area contributed by atoms with Gasteiger partial charge in [-0.1, -0.05) is 25.5 Å². The van der Waals surface area contributed by atoms with E-state index in [0.29, 0.717) is 11.8 Å². The highest BCUT2D eigenvalue weighted by atomic mass is 16.5. The third-order valence-corrected chi connectivity index (χ3v) is 5.83. The van der Waals surface area contributed by atoms with Gasteiger partial charge in [-0.05, 0) is 80.5 Å². The standard InChI is InChI=1S/C21H30O/c1-12(2)9-16-10-14(4)17-8-7-13(3)20-18(22-6)11-15(5)19(16)21(17)20/h9,11,13-14,16-17H,7-8,10H2,1-6H3/t13-,14-,16-,17+/m0/s1. The summed E-state index contributed by atoms with van der Waals surface area (Å²) in [5, 5.41) is 0. The number of methoxy groups -OCH3 is 1. The minimum atomic E-state index is 0.584. The first-order valence-corrected chi connectivity index (χ1v) is 8.80. The quantitative estimate of drug-likeness (QED) is 0.602. The molecule has 120 valence electrons. The van der Waals surface area contributed by atoms with E-state index in [2.05, 4.69) is 46.8 Å². The molecule has 0 amide bonds. The van der Waals surface area contributed by atoms with Gasteiger partial charge in [0.2, 0.25) is 0 Å². The second-order valence-corrected chi connectivity index (χ2v) is 7.79. The number of hydrogen-bond acceptors (Lipinski definition) is 1. The Morgan fingerprint density at radius 3 is 2.50 bits per heavy atom. The van der Waals surface area contributed by atoms with E-state index >= 15 is 0 Å². The van der Waals surface area contributed by atoms with Crippen LogP contribution in [0.4, 0.5) is 0 Å². The number of ether oxygens (including phenoxy) is 1. The van der Waals surface area contributed by atoms with E-state index < -0.39 is 0 Å². The Morgan fingerprint density at radius 2 is 1.86 bits per heavy atom. The highest BCUT2D eigenvalue weighted by molar-refractivity contribution is 5.57. The van der Waals surface area contributed by atoms with E-state index in [4.69, 9.17) is 4.74 Å². The van der Waals surface area contributed by atoms with Crippen LogP contribution in [0.15, 0.2) is 17.7 Å². The lowest BCUT2D eigenvalue weighted by molar-refractivity contribution is 0.322. The lowest BCUT2D eigenvalue weighted by atomic mass is 9.62. The molecule has 2 aliphatic carbocycles. The molecule has 0 fully saturated rings. The molecule has 0 saturated carbocycles. The van der Waals surface area contributed by atoms with Gasteiger partial charge in [-0.3, -0.25) is 0 Å². The molecule has 2 aliphatic rings. The molecule has 1 nitrogen and oxygen atoms in total. The van der Waals surface area contributed by atoms with E-state index in [-0.39, 0.29) is 0 Å². The molecular formula is C21H30O. The van der Waals surface area contributed by atoms with Crippen LogP contribution in [-0.4, -0.2) is 7.11 Å². The Morgan fingerprint density at radius 1 is 1.14 bits per heavy atom. The molecule has 1 aromatic rings. The van der Waals surface area contributed by atoms with Crippen LogP contribution in [-0.2, 0) is 0 Å². The molecule has 0 unspecified atom stereocenters. The fourth-order valence-electron chi connectivity index (χ4n) is 4.93. The van der Waals surface area contributed by atoms with Gasteiger partial charge in [0.05, 0.1) is 7.11 Å². The van der Waals surface area contributed by atoms with Crippen LogP contribution in [0, 0.1) is 12.8 Å². The van der Waals surface area contributed by atoms with Gasteiger partial charge < -0.3 is 4.74 Å². The molecule has 1 heteroatoms. The molecular weight excluding hydrogens is 268 g/mol. The maximum Gasteiger partial charge on any atom is 0.122 e. The van der Waals surface area contributed by atoms with E-state index in [1.165, 1.54) is 36.0 Å². The van der Waals surface area contributed by atoms with Crippen molar-refractivity contribution in [3.63, 3.8) is 0 Å². The molecule has 0 N–H and O–H groups in total. The van der Waals surface area contributed by atoms with Crippen molar-refractivity contribution in [2.24, 2.45) is 5.92 Å². The van der Waals surface area contributed by atoms with Crippen molar-refractivity contribution in [2.45, 2.75) is 71.6 Å². The molecule has 0 aliphatic heterocycles. The number of rotatable bonds is 2. The molecule has 1 aromatic carbocycles. The maximum absolute atomic E-state index is 5.77. The zero-order valence-corrected chi connectivity index (χ0v) is 15.0. The van der Waals surface area contributed by atoms with Gasteiger partial charge in [-0.25, -0.2) is 0 Å². The number of hydrogen-bond donors (Lipinski definition) is 0. The van der Waals surface area contributed by atoms with Crippen molar-refractivity contribution in [1.29, 1.82) is 0 Å². The fraction of sp³-hybridized carbons (Fsp3) is 0.619. The lowest BCUT2D eigenvalue weighted by Gasteiger charge is -2.43. The van der Waals surface area contributed by atoms with Crippen molar-refractivity contribution >= 4 is 0 Å². The first kappa shape index (κ1) is 15.6. The van der Waals surface area contributed by atoms with Crippen molar-refractivity contribution in [3.8, 4) is 5.75 Å². The second kappa shape index (κ2) is 5.76. The van der Waals surface area contributed by atoms with Crippen molar-refractivity contribution in [1.82, 2.24) is 0 Å². The van der Waals surface area contributed by atoms with Gasteiger partial charge in [0.25, 0.3) is 0 Å². The van der Waals surface area contributed by atoms with Crippen LogP contribution in [0.1, 0.15) is 87.0 Å². The number of aryl methyl sites for hydroxylation is 1. The average molecular weight is 298 g/mol. The Kier molecular flexibility index (Phi) is 4.09. The fourth-order valence-corrected chi connectivity index (χ4v) is 4.93. The first-order valence-electron chi connectivity index (χ1n) is 8.80. The van der Waals surface area contributed by atoms with Gasteiger partial charge in [-0.15, -0.1) is 0 Å². The van der Waals surface area contributed by atoms with E-state index in [1.54, 1.807) is 11.1 Å². The lowest BCUT2D eigenvalue weighted by Crippen LogP contribution is -2.28. The van der Waals surface area contributed by atoms with Crippen LogP contribution < -0.4 is 4.74 Å². The monoisotopic (exact) mass is 298 g/mol. The summed E-state index contributed by atoms with van der Waals surface area (Å²) in [5.74, 6) is 3.83. The molecule has 4 atom stereocenters. The molecule has 22 heavy (non-hydrogen) atoms. The molecule has 0 saturated heterocycles. The normalized spacial score (nSPS) is 29.7. The van der Waals surface area contributed by atoms with Crippen molar-refractivity contribution < 1.29 is 4.74 Å². The predicted molar refractivity (Wildman–Crippen MR) is 94.1 cm³/mol. The Hall–Kier alpha value is -1.24. The number of benzene rings is 1. The van der Waals surface area contributed by atoms with Gasteiger partial charge in [0, 0.05) is 11.5 Å². The minimum Gasteiger partial charge on any atom is -0.496 e. The maximum atomic E-state index is 5.77. The molecule has 0 radical (unpaired) electrons. The predicted octanol–water partition coefficient (Wildman–Crippen LogP) is 6.07. The summed E-state index contributed by atoms with van der Waals surface area (Å²) in [5.41, 5.74) is 7.63. The van der Waals surface area contributed by atoms with Crippen LogP contribution in [0.25, 0.3) is 0 Å². The second-order valence-electron chi connectivity index (χ2n) is 7.79. The highest BCUT2D eigenvalue weighted by Gasteiger charge is 2.39. The van der Waals surface area contributed by atoms with Crippen LogP contribution in [0.2, 0.25) is 0 Å². The first-order chi connectivity index (χ1) is 10.4. The van der Waals surface area contributed by atoms with Crippen LogP contribution in [0.5, 0.6) is 5.75 Å². The highest BCUT2D eigenvalue weighted by Crippen LogP contribution is 2.55. The summed E-state index contributed by atoms with van der Waals surface area (Å²) >= 11 is 0. The van der Waals surface area contributed by atoms with Gasteiger partial charge in [-0.2, -0.15) is 0 Å². The molecule has 0 heterocycles. The number of allylic oxidation sites excluding steroid dienone is 2. The molecule has 3 rings (SSSR count). The van der Waals surface area contributed by atoms with Gasteiger partial charge in [0.15, 0.2) is 0 Å². The largest absolute Gasteiger partial charge is 0.496 e. The smallest absolute Gasteiger partial charge is 0.122 e. The summed E-state index contributed by atoms with van der Waals surface area (Å²) in [6.07, 6.45) is 6.43. The summed E-state index contributed by atoms with van der Waals surface area (Å²) in [6, 6.07) is 2.29. The third kappa shape index (κ3) is 2.39. The summed E-state index contributed by atoms with van der Waals surface area (Å²) in [6.45, 7) is 11.6. The van der Waals surface area contributed by atoms with E-state index in [1.807, 2.05) is 7.11 Å². The van der Waals surface area contributed by atoms with Crippen molar-refractivity contribution in [3.05, 3.63) is 40.0 Å². The molecule has 0 bridgehead atoms. The average Bonchev–Trinajstić information content (AvgIpc) is 2.44. The topological polar surface area (TPSA) is 9.23 Å². The molecule has 0 aromatic heterocycles. The Balaban J connectivity index is 2.28. The third-order valence-electron chi connectivity index (χ3n) is 5.83. The zero-order chi connectivity index (χ0) is 16.0. The molecule has 0 spiro atoms.